The van der Waals surface area contributed by atoms with Gasteiger partial charge in [-0.05, 0) is 6.42 Å². The van der Waals surface area contributed by atoms with Crippen LogP contribution in [0, 0.1) is 0 Å². The molecule has 0 aromatic rings. The Morgan fingerprint density at radius 2 is 2.12 bits per heavy atom. The van der Waals surface area contributed by atoms with Gasteiger partial charge in [-0.3, -0.25) is 0 Å². The molecule has 0 heterocycles. The average Bonchev–Trinajstić information content (AvgIpc) is 1.81. The Labute approximate surface area is 49.8 Å². The molecule has 0 radical (unpaired) electrons. The van der Waals surface area contributed by atoms with Gasteiger partial charge in [0.05, 0.1) is 6.73 Å². The van der Waals surface area contributed by atoms with Crippen LogP contribution in [0.5, 0.6) is 0 Å². The molecular weight excluding hydrogens is 106 g/mol. The van der Waals surface area contributed by atoms with Crippen LogP contribution in [0.4, 0.5) is 0 Å². The fourth-order valence-corrected chi connectivity index (χ4v) is 0.310. The van der Waals surface area contributed by atoms with Crippen LogP contribution in [0.3, 0.4) is 0 Å². The Bertz CT molecular complexity index is 35.4. The van der Waals surface area contributed by atoms with Crippen molar-refractivity contribution >= 4 is 0 Å². The molecular formula is C5H13NO2. The number of nitrogens with two attached hydrogens (primary N) is 1. The predicted octanol–water partition coefficient (Wildman–Crippen LogP) is 0.303. The minimum atomic E-state index is 0.240. The van der Waals surface area contributed by atoms with Crippen LogP contribution in [-0.4, -0.2) is 20.1 Å². The molecule has 3 heteroatoms. The summed E-state index contributed by atoms with van der Waals surface area (Å²) < 4.78 is 9.61. The van der Waals surface area contributed by atoms with Crippen molar-refractivity contribution < 1.29 is 9.47 Å². The highest BCUT2D eigenvalue weighted by Crippen LogP contribution is 1.78. The van der Waals surface area contributed by atoms with Gasteiger partial charge in [0.1, 0.15) is 6.79 Å². The van der Waals surface area contributed by atoms with Crippen LogP contribution in [0.2, 0.25) is 0 Å². The number of ether oxygens (including phenoxy) is 2. The Morgan fingerprint density at radius 3 is 2.62 bits per heavy atom. The third-order valence-electron chi connectivity index (χ3n) is 0.633. The van der Waals surface area contributed by atoms with E-state index in [1.54, 1.807) is 0 Å². The molecule has 0 aromatic carbocycles. The van der Waals surface area contributed by atoms with Crippen LogP contribution in [0.1, 0.15) is 13.3 Å². The predicted molar refractivity (Wildman–Crippen MR) is 31.2 cm³/mol. The summed E-state index contributed by atoms with van der Waals surface area (Å²) in [5.41, 5.74) is 5.01. The largest absolute Gasteiger partial charge is 0.355 e. The lowest BCUT2D eigenvalue weighted by molar-refractivity contribution is -0.0513. The SMILES string of the molecule is CCCOCOCN. The fraction of sp³-hybridized carbons (Fsp3) is 1.00. The maximum atomic E-state index is 5.01. The van der Waals surface area contributed by atoms with Gasteiger partial charge in [-0.1, -0.05) is 6.92 Å². The van der Waals surface area contributed by atoms with E-state index in [1.807, 2.05) is 6.92 Å². The molecule has 0 bridgehead atoms. The summed E-state index contributed by atoms with van der Waals surface area (Å²) >= 11 is 0. The van der Waals surface area contributed by atoms with Gasteiger partial charge in [-0.25, -0.2) is 0 Å². The Kier molecular flexibility index (Phi) is 6.78. The lowest BCUT2D eigenvalue weighted by atomic mass is 10.5. The Hall–Kier alpha value is -0.120. The molecule has 0 aromatic heterocycles. The Balaban J connectivity index is 2.53. The van der Waals surface area contributed by atoms with Crippen molar-refractivity contribution in [3.05, 3.63) is 0 Å². The summed E-state index contributed by atoms with van der Waals surface area (Å²) in [5, 5.41) is 0. The highest BCUT2D eigenvalue weighted by Gasteiger charge is 1.80. The quantitative estimate of drug-likeness (QED) is 0.418. The number of rotatable bonds is 5. The molecule has 0 saturated carbocycles. The van der Waals surface area contributed by atoms with Gasteiger partial charge in [0.25, 0.3) is 0 Å². The number of hydrogen-bond donors (Lipinski definition) is 1. The smallest absolute Gasteiger partial charge is 0.148 e. The minimum absolute atomic E-state index is 0.240. The van der Waals surface area contributed by atoms with Crippen LogP contribution < -0.4 is 5.73 Å². The summed E-state index contributed by atoms with van der Waals surface area (Å²) in [6, 6.07) is 0. The van der Waals surface area contributed by atoms with E-state index in [0.29, 0.717) is 6.79 Å². The molecule has 0 aliphatic rings. The zero-order chi connectivity index (χ0) is 6.24. The van der Waals surface area contributed by atoms with Gasteiger partial charge in [0, 0.05) is 6.61 Å². The molecule has 0 aliphatic heterocycles. The first-order valence-electron chi connectivity index (χ1n) is 2.77. The third kappa shape index (κ3) is 5.88. The fourth-order valence-electron chi connectivity index (χ4n) is 0.310. The zero-order valence-corrected chi connectivity index (χ0v) is 5.22. The van der Waals surface area contributed by atoms with E-state index in [-0.39, 0.29) is 6.73 Å². The van der Waals surface area contributed by atoms with Crippen molar-refractivity contribution in [3.63, 3.8) is 0 Å². The van der Waals surface area contributed by atoms with E-state index in [9.17, 15) is 0 Å². The van der Waals surface area contributed by atoms with Crippen LogP contribution in [-0.2, 0) is 9.47 Å². The standard InChI is InChI=1S/C5H13NO2/c1-2-3-7-5-8-4-6/h2-6H2,1H3. The highest BCUT2D eigenvalue weighted by atomic mass is 16.7. The number of hydrogen-bond acceptors (Lipinski definition) is 3. The van der Waals surface area contributed by atoms with E-state index in [4.69, 9.17) is 15.2 Å². The first-order chi connectivity index (χ1) is 3.91. The van der Waals surface area contributed by atoms with E-state index in [2.05, 4.69) is 0 Å². The summed E-state index contributed by atoms with van der Waals surface area (Å²) in [6.07, 6.45) is 1.02. The van der Waals surface area contributed by atoms with Crippen molar-refractivity contribution in [3.8, 4) is 0 Å². The summed E-state index contributed by atoms with van der Waals surface area (Å²) in [7, 11) is 0. The van der Waals surface area contributed by atoms with Crippen LogP contribution in [0.25, 0.3) is 0 Å². The van der Waals surface area contributed by atoms with Crippen molar-refractivity contribution in [2.24, 2.45) is 5.73 Å². The van der Waals surface area contributed by atoms with Crippen molar-refractivity contribution in [1.29, 1.82) is 0 Å². The highest BCUT2D eigenvalue weighted by molar-refractivity contribution is 4.18. The summed E-state index contributed by atoms with van der Waals surface area (Å²) in [4.78, 5) is 0. The minimum Gasteiger partial charge on any atom is -0.355 e. The molecule has 0 aliphatic carbocycles. The molecule has 0 unspecified atom stereocenters. The van der Waals surface area contributed by atoms with Crippen molar-refractivity contribution in [2.75, 3.05) is 20.1 Å². The van der Waals surface area contributed by atoms with Crippen LogP contribution in [0.15, 0.2) is 0 Å². The van der Waals surface area contributed by atoms with E-state index >= 15 is 0 Å². The van der Waals surface area contributed by atoms with E-state index in [1.165, 1.54) is 0 Å². The van der Waals surface area contributed by atoms with Gasteiger partial charge < -0.3 is 15.2 Å². The van der Waals surface area contributed by atoms with Gasteiger partial charge in [0.2, 0.25) is 0 Å². The van der Waals surface area contributed by atoms with Gasteiger partial charge >= 0.3 is 0 Å². The maximum absolute atomic E-state index is 5.01. The zero-order valence-electron chi connectivity index (χ0n) is 5.22. The van der Waals surface area contributed by atoms with Crippen molar-refractivity contribution in [2.45, 2.75) is 13.3 Å². The molecule has 0 fully saturated rings. The maximum Gasteiger partial charge on any atom is 0.148 e. The lowest BCUT2D eigenvalue weighted by Gasteiger charge is -1.99. The second kappa shape index (κ2) is 6.88. The molecule has 2 N–H and O–H groups in total. The molecule has 0 saturated heterocycles. The normalized spacial score (nSPS) is 9.75. The van der Waals surface area contributed by atoms with E-state index < -0.39 is 0 Å². The van der Waals surface area contributed by atoms with Crippen molar-refractivity contribution in [1.82, 2.24) is 0 Å². The van der Waals surface area contributed by atoms with Gasteiger partial charge in [-0.15, -0.1) is 0 Å². The first-order valence-corrected chi connectivity index (χ1v) is 2.77. The van der Waals surface area contributed by atoms with Crippen LogP contribution >= 0.6 is 0 Å². The average molecular weight is 119 g/mol. The second-order valence-electron chi connectivity index (χ2n) is 1.40. The summed E-state index contributed by atoms with van der Waals surface area (Å²) in [6.45, 7) is 3.36. The Morgan fingerprint density at radius 1 is 1.38 bits per heavy atom. The monoisotopic (exact) mass is 119 g/mol. The molecule has 0 amide bonds. The first kappa shape index (κ1) is 7.88. The van der Waals surface area contributed by atoms with Gasteiger partial charge in [0.15, 0.2) is 0 Å². The van der Waals surface area contributed by atoms with E-state index in [0.717, 1.165) is 13.0 Å². The molecule has 0 spiro atoms. The second-order valence-corrected chi connectivity index (χ2v) is 1.40. The summed E-state index contributed by atoms with van der Waals surface area (Å²) in [5.74, 6) is 0. The molecule has 8 heavy (non-hydrogen) atoms. The molecule has 50 valence electrons. The topological polar surface area (TPSA) is 44.5 Å². The molecule has 0 atom stereocenters. The third-order valence-corrected chi connectivity index (χ3v) is 0.633. The molecule has 3 nitrogen and oxygen atoms in total. The lowest BCUT2D eigenvalue weighted by Crippen LogP contribution is -2.08. The molecule has 0 rings (SSSR count). The van der Waals surface area contributed by atoms with Gasteiger partial charge in [-0.2, -0.15) is 0 Å².